The van der Waals surface area contributed by atoms with E-state index in [1.807, 2.05) is 37.5 Å². The number of aliphatic imine (C=N–C) groups is 1. The quantitative estimate of drug-likeness (QED) is 0.164. The van der Waals surface area contributed by atoms with E-state index in [4.69, 9.17) is 9.47 Å². The number of carbonyl (C=O) groups excluding carboxylic acids is 1. The number of carbonyl (C=O) groups is 1. The third-order valence-corrected chi connectivity index (χ3v) is 6.86. The number of hydrogen-bond donors (Lipinski definition) is 1. The lowest BCUT2D eigenvalue weighted by molar-refractivity contribution is -0.117. The molecule has 1 aromatic carbocycles. The lowest BCUT2D eigenvalue weighted by Crippen LogP contribution is -2.33. The summed E-state index contributed by atoms with van der Waals surface area (Å²) < 4.78 is 10.8. The summed E-state index contributed by atoms with van der Waals surface area (Å²) in [5, 5.41) is 4.72. The summed E-state index contributed by atoms with van der Waals surface area (Å²) in [7, 11) is 5.33. The topological polar surface area (TPSA) is 63.2 Å². The first-order valence-electron chi connectivity index (χ1n) is 11.4. The van der Waals surface area contributed by atoms with Gasteiger partial charge in [-0.05, 0) is 54.6 Å². The minimum absolute atomic E-state index is 0.0626. The van der Waals surface area contributed by atoms with Crippen molar-refractivity contribution in [2.24, 2.45) is 4.99 Å². The number of anilines is 1. The van der Waals surface area contributed by atoms with Crippen LogP contribution in [0.2, 0.25) is 0 Å². The minimum atomic E-state index is -0.0626. The Hall–Kier alpha value is -2.06. The molecule has 1 atom stereocenters. The Morgan fingerprint density at radius 2 is 2.00 bits per heavy atom. The number of rotatable bonds is 12. The molecule has 0 bridgehead atoms. The van der Waals surface area contributed by atoms with Crippen LogP contribution in [-0.4, -0.2) is 50.4 Å². The Labute approximate surface area is 208 Å². The molecular weight excluding hydrogens is 454 g/mol. The number of allylic oxidation sites excluding steroid dienone is 1. The van der Waals surface area contributed by atoms with E-state index in [2.05, 4.69) is 35.3 Å². The van der Waals surface area contributed by atoms with E-state index < -0.39 is 0 Å². The summed E-state index contributed by atoms with van der Waals surface area (Å²) >= 11 is 3.29. The molecule has 0 aromatic heterocycles. The third-order valence-electron chi connectivity index (χ3n) is 4.85. The normalized spacial score (nSPS) is 14.3. The molecule has 0 saturated heterocycles. The average molecular weight is 494 g/mol. The number of ether oxygens (including phenoxy) is 2. The second-order valence-electron chi connectivity index (χ2n) is 6.92. The van der Waals surface area contributed by atoms with Gasteiger partial charge in [0.1, 0.15) is 0 Å². The van der Waals surface area contributed by atoms with Crippen LogP contribution in [0.5, 0.6) is 11.5 Å². The van der Waals surface area contributed by atoms with Crippen molar-refractivity contribution in [2.45, 2.75) is 51.8 Å². The third kappa shape index (κ3) is 10.2. The molecule has 1 aliphatic rings. The van der Waals surface area contributed by atoms with Gasteiger partial charge in [-0.1, -0.05) is 26.8 Å². The monoisotopic (exact) mass is 493 g/mol. The van der Waals surface area contributed by atoms with E-state index >= 15 is 0 Å². The minimum Gasteiger partial charge on any atom is -0.493 e. The van der Waals surface area contributed by atoms with E-state index in [-0.39, 0.29) is 11.3 Å². The highest BCUT2D eigenvalue weighted by Gasteiger charge is 2.23. The highest BCUT2D eigenvalue weighted by molar-refractivity contribution is 8.02. The standard InChI is InChI=1S/C23H33N3O3S2.C2H6/c1-5-30-14-13-24-17-25-22(27)16-31-23(18-9-7-6-8-10-18)26(2)19-11-12-20(28-3)21(15-19)29-4;1-2/h9,11-15,17,23H,5-8,10,16H2,1-4H3,(H,24,25,27);1-2H3/b14-13-;. The largest absolute Gasteiger partial charge is 0.493 e. The van der Waals surface area contributed by atoms with Crippen LogP contribution in [-0.2, 0) is 4.79 Å². The van der Waals surface area contributed by atoms with Gasteiger partial charge in [-0.25, -0.2) is 4.99 Å². The summed E-state index contributed by atoms with van der Waals surface area (Å²) in [6.45, 7) is 6.08. The summed E-state index contributed by atoms with van der Waals surface area (Å²) in [5.41, 5.74) is 2.39. The molecule has 1 unspecified atom stereocenters. The molecule has 0 radical (unpaired) electrons. The van der Waals surface area contributed by atoms with Gasteiger partial charge in [-0.2, -0.15) is 0 Å². The Balaban J connectivity index is 0.00000265. The number of benzene rings is 1. The predicted octanol–water partition coefficient (Wildman–Crippen LogP) is 6.09. The van der Waals surface area contributed by atoms with Gasteiger partial charge in [0.05, 0.1) is 31.7 Å². The zero-order valence-electron chi connectivity index (χ0n) is 20.8. The van der Waals surface area contributed by atoms with Crippen LogP contribution < -0.4 is 19.7 Å². The number of nitrogens with one attached hydrogen (secondary N) is 1. The first kappa shape index (κ1) is 29.0. The lowest BCUT2D eigenvalue weighted by atomic mass is 9.99. The van der Waals surface area contributed by atoms with Crippen molar-refractivity contribution in [1.29, 1.82) is 0 Å². The van der Waals surface area contributed by atoms with Crippen LogP contribution in [0, 0.1) is 0 Å². The molecule has 0 fully saturated rings. The van der Waals surface area contributed by atoms with Gasteiger partial charge in [0, 0.05) is 25.0 Å². The van der Waals surface area contributed by atoms with Crippen molar-refractivity contribution in [2.75, 3.05) is 37.7 Å². The smallest absolute Gasteiger partial charge is 0.235 e. The molecule has 1 aliphatic carbocycles. The SMILES string of the molecule is CC.CCS/C=C\N=CNC(=O)CSC(C1=CCCCC1)N(C)c1ccc(OC)c(OC)c1. The Morgan fingerprint density at radius 3 is 2.64 bits per heavy atom. The molecule has 1 N–H and O–H groups in total. The highest BCUT2D eigenvalue weighted by atomic mass is 32.2. The van der Waals surface area contributed by atoms with E-state index in [1.165, 1.54) is 24.8 Å². The van der Waals surface area contributed by atoms with Crippen molar-refractivity contribution in [1.82, 2.24) is 5.32 Å². The van der Waals surface area contributed by atoms with Crippen LogP contribution in [0.15, 0.2) is 46.4 Å². The molecule has 184 valence electrons. The maximum absolute atomic E-state index is 12.3. The van der Waals surface area contributed by atoms with Crippen molar-refractivity contribution >= 4 is 41.5 Å². The molecule has 1 aromatic rings. The molecule has 0 spiro atoms. The van der Waals surface area contributed by atoms with Gasteiger partial charge in [0.15, 0.2) is 11.5 Å². The van der Waals surface area contributed by atoms with Crippen molar-refractivity contribution in [3.05, 3.63) is 41.5 Å². The summed E-state index contributed by atoms with van der Waals surface area (Å²) in [5.74, 6) is 2.67. The first-order chi connectivity index (χ1) is 16.1. The Morgan fingerprint density at radius 1 is 1.24 bits per heavy atom. The zero-order chi connectivity index (χ0) is 24.5. The average Bonchev–Trinajstić information content (AvgIpc) is 2.87. The molecule has 0 aliphatic heterocycles. The first-order valence-corrected chi connectivity index (χ1v) is 13.5. The zero-order valence-corrected chi connectivity index (χ0v) is 22.4. The van der Waals surface area contributed by atoms with Gasteiger partial charge >= 0.3 is 0 Å². The van der Waals surface area contributed by atoms with Crippen LogP contribution in [0.4, 0.5) is 5.69 Å². The van der Waals surface area contributed by atoms with Crippen molar-refractivity contribution < 1.29 is 14.3 Å². The Kier molecular flexibility index (Phi) is 15.3. The van der Waals surface area contributed by atoms with Gasteiger partial charge in [0.25, 0.3) is 0 Å². The van der Waals surface area contributed by atoms with Crippen LogP contribution in [0.3, 0.4) is 0 Å². The highest BCUT2D eigenvalue weighted by Crippen LogP contribution is 2.36. The molecular formula is C25H39N3O3S2. The van der Waals surface area contributed by atoms with E-state index in [0.29, 0.717) is 17.3 Å². The maximum Gasteiger partial charge on any atom is 0.235 e. The fraction of sp³-hybridized carbons (Fsp3) is 0.520. The van der Waals surface area contributed by atoms with Crippen molar-refractivity contribution in [3.8, 4) is 11.5 Å². The van der Waals surface area contributed by atoms with Crippen LogP contribution in [0.1, 0.15) is 46.5 Å². The van der Waals surface area contributed by atoms with Crippen molar-refractivity contribution in [3.63, 3.8) is 0 Å². The van der Waals surface area contributed by atoms with Gasteiger partial charge < -0.3 is 19.7 Å². The van der Waals surface area contributed by atoms with Crippen LogP contribution in [0.25, 0.3) is 0 Å². The summed E-state index contributed by atoms with van der Waals surface area (Å²) in [6, 6.07) is 5.91. The number of nitrogens with zero attached hydrogens (tertiary/aromatic N) is 2. The maximum atomic E-state index is 12.3. The molecule has 6 nitrogen and oxygen atoms in total. The fourth-order valence-corrected chi connectivity index (χ4v) is 4.77. The predicted molar refractivity (Wildman–Crippen MR) is 146 cm³/mol. The second kappa shape index (κ2) is 17.4. The number of amides is 1. The molecule has 0 saturated carbocycles. The van der Waals surface area contributed by atoms with Crippen LogP contribution >= 0.6 is 23.5 Å². The molecule has 0 heterocycles. The number of methoxy groups -OCH3 is 2. The molecule has 33 heavy (non-hydrogen) atoms. The van der Waals surface area contributed by atoms with Gasteiger partial charge in [0.2, 0.25) is 5.91 Å². The Bertz CT molecular complexity index is 797. The number of hydrogen-bond acceptors (Lipinski definition) is 7. The second-order valence-corrected chi connectivity index (χ2v) is 9.18. The molecule has 1 amide bonds. The lowest BCUT2D eigenvalue weighted by Gasteiger charge is -2.33. The number of thioether (sulfide) groups is 2. The summed E-state index contributed by atoms with van der Waals surface area (Å²) in [4.78, 5) is 18.6. The van der Waals surface area contributed by atoms with E-state index in [9.17, 15) is 4.79 Å². The summed E-state index contributed by atoms with van der Waals surface area (Å²) in [6.07, 6.45) is 10.0. The molecule has 8 heteroatoms. The van der Waals surface area contributed by atoms with Gasteiger partial charge in [-0.15, -0.1) is 23.5 Å². The van der Waals surface area contributed by atoms with E-state index in [1.54, 1.807) is 43.9 Å². The number of likely N-dealkylation sites (N-methyl/N-ethyl adjacent to an activating group) is 1. The van der Waals surface area contributed by atoms with E-state index in [0.717, 1.165) is 24.3 Å². The molecule has 2 rings (SSSR count). The van der Waals surface area contributed by atoms with Gasteiger partial charge in [-0.3, -0.25) is 4.79 Å². The fourth-order valence-electron chi connectivity index (χ4n) is 3.26.